The topological polar surface area (TPSA) is 119 Å². The largest absolute Gasteiger partial charge is 0.449 e. The van der Waals surface area contributed by atoms with Gasteiger partial charge in [0.05, 0.1) is 20.4 Å². The van der Waals surface area contributed by atoms with Crippen molar-refractivity contribution in [3.8, 4) is 11.5 Å². The molecule has 40 heavy (non-hydrogen) atoms. The second kappa shape index (κ2) is 11.7. The van der Waals surface area contributed by atoms with Crippen LogP contribution in [0.5, 0.6) is 11.5 Å². The molecule has 206 valence electrons. The van der Waals surface area contributed by atoms with Crippen molar-refractivity contribution in [2.24, 2.45) is 0 Å². The minimum Gasteiger partial charge on any atom is -0.449 e. The highest BCUT2D eigenvalue weighted by Gasteiger charge is 2.37. The molecule has 0 unspecified atom stereocenters. The predicted octanol–water partition coefficient (Wildman–Crippen LogP) is 7.50. The summed E-state index contributed by atoms with van der Waals surface area (Å²) in [5.74, 6) is -1.91. The van der Waals surface area contributed by atoms with Gasteiger partial charge >= 0.3 is 11.9 Å². The van der Waals surface area contributed by atoms with Crippen LogP contribution in [0.1, 0.15) is 11.1 Å². The van der Waals surface area contributed by atoms with Crippen LogP contribution in [0.4, 0.5) is 29.3 Å². The quantitative estimate of drug-likeness (QED) is 0.159. The Labute approximate surface area is 241 Å². The van der Waals surface area contributed by atoms with E-state index in [1.54, 1.807) is 18.2 Å². The molecule has 0 spiro atoms. The van der Waals surface area contributed by atoms with E-state index in [1.165, 1.54) is 30.3 Å². The van der Waals surface area contributed by atoms with Gasteiger partial charge in [0.25, 0.3) is 11.1 Å². The van der Waals surface area contributed by atoms with Crippen LogP contribution in [0, 0.1) is 10.1 Å². The van der Waals surface area contributed by atoms with E-state index in [0.717, 1.165) is 11.0 Å². The van der Waals surface area contributed by atoms with Crippen LogP contribution in [0.3, 0.4) is 0 Å². The number of nitrogens with one attached hydrogen (secondary N) is 1. The fourth-order valence-electron chi connectivity index (χ4n) is 3.43. The molecule has 15 heteroatoms. The Morgan fingerprint density at radius 2 is 1.85 bits per heavy atom. The number of benzene rings is 3. The first-order valence-electron chi connectivity index (χ1n) is 11.0. The smallest absolute Gasteiger partial charge is 0.416 e. The Bertz CT molecular complexity index is 1580. The van der Waals surface area contributed by atoms with Gasteiger partial charge in [0.2, 0.25) is 11.7 Å². The zero-order valence-electron chi connectivity index (χ0n) is 19.7. The molecule has 3 aromatic rings. The average Bonchev–Trinajstić information content (AvgIpc) is 3.14. The Morgan fingerprint density at radius 1 is 1.12 bits per heavy atom. The summed E-state index contributed by atoms with van der Waals surface area (Å²) in [4.78, 5) is 49.0. The van der Waals surface area contributed by atoms with Crippen LogP contribution < -0.4 is 10.1 Å². The van der Waals surface area contributed by atoms with E-state index in [4.69, 9.17) is 16.3 Å². The summed E-state index contributed by atoms with van der Waals surface area (Å²) in [5, 5.41) is 13.6. The number of nitrogens with zero attached hydrogens (tertiary/aromatic N) is 2. The van der Waals surface area contributed by atoms with Gasteiger partial charge in [-0.3, -0.25) is 29.4 Å². The van der Waals surface area contributed by atoms with E-state index in [-0.39, 0.29) is 16.2 Å². The second-order valence-electron chi connectivity index (χ2n) is 8.02. The van der Waals surface area contributed by atoms with Crippen LogP contribution >= 0.6 is 39.3 Å². The number of anilines is 1. The lowest BCUT2D eigenvalue weighted by atomic mass is 10.1. The lowest BCUT2D eigenvalue weighted by Gasteiger charge is -2.13. The van der Waals surface area contributed by atoms with Crippen LogP contribution in [-0.4, -0.2) is 33.4 Å². The first kappa shape index (κ1) is 29.1. The van der Waals surface area contributed by atoms with E-state index in [2.05, 4.69) is 21.2 Å². The molecule has 3 aromatic carbocycles. The Hall–Kier alpha value is -3.88. The van der Waals surface area contributed by atoms with Gasteiger partial charge in [-0.1, -0.05) is 29.8 Å². The van der Waals surface area contributed by atoms with Crippen molar-refractivity contribution in [1.82, 2.24) is 4.90 Å². The molecule has 1 fully saturated rings. The SMILES string of the molecule is O=C(CN1C(=O)S/C(=C/c2ccccc2Oc2ccc(C(F)(F)F)cc2[N+](=O)[O-])C1=O)Nc1ccc(Br)c(Cl)c1. The molecule has 0 aromatic heterocycles. The summed E-state index contributed by atoms with van der Waals surface area (Å²) in [6, 6.07) is 12.4. The molecule has 0 aliphatic carbocycles. The maximum atomic E-state index is 13.0. The maximum absolute atomic E-state index is 13.0. The number of carbonyl (C=O) groups excluding carboxylic acids is 3. The molecule has 1 aliphatic heterocycles. The summed E-state index contributed by atoms with van der Waals surface area (Å²) in [7, 11) is 0. The minimum absolute atomic E-state index is 0.0259. The third-order valence-corrected chi connectivity index (χ3v) is 7.43. The van der Waals surface area contributed by atoms with E-state index in [1.807, 2.05) is 0 Å². The molecule has 0 saturated carbocycles. The summed E-state index contributed by atoms with van der Waals surface area (Å²) in [5.41, 5.74) is -1.58. The maximum Gasteiger partial charge on any atom is 0.416 e. The van der Waals surface area contributed by atoms with E-state index >= 15 is 0 Å². The van der Waals surface area contributed by atoms with Crippen LogP contribution in [0.15, 0.2) is 70.0 Å². The van der Waals surface area contributed by atoms with E-state index < -0.39 is 51.7 Å². The van der Waals surface area contributed by atoms with Crippen LogP contribution in [0.25, 0.3) is 6.08 Å². The third-order valence-electron chi connectivity index (χ3n) is 5.29. The van der Waals surface area contributed by atoms with Crippen LogP contribution in [0.2, 0.25) is 5.02 Å². The average molecular weight is 657 g/mol. The van der Waals surface area contributed by atoms with Gasteiger partial charge in [0, 0.05) is 21.8 Å². The Kier molecular flexibility index (Phi) is 8.51. The zero-order chi connectivity index (χ0) is 29.2. The molecule has 0 atom stereocenters. The number of imide groups is 1. The Morgan fingerprint density at radius 3 is 2.52 bits per heavy atom. The fourth-order valence-corrected chi connectivity index (χ4v) is 4.69. The van der Waals surface area contributed by atoms with Crippen LogP contribution in [-0.2, 0) is 15.8 Å². The number of halogens is 5. The minimum atomic E-state index is -4.80. The molecular weight excluding hydrogens is 643 g/mol. The zero-order valence-corrected chi connectivity index (χ0v) is 22.9. The van der Waals surface area contributed by atoms with E-state index in [0.29, 0.717) is 39.1 Å². The molecule has 4 rings (SSSR count). The summed E-state index contributed by atoms with van der Waals surface area (Å²) >= 11 is 9.79. The molecule has 3 amide bonds. The van der Waals surface area contributed by atoms with Crippen molar-refractivity contribution in [2.45, 2.75) is 6.18 Å². The summed E-state index contributed by atoms with van der Waals surface area (Å²) in [6.07, 6.45) is -3.52. The number of thioether (sulfide) groups is 1. The first-order chi connectivity index (χ1) is 18.8. The highest BCUT2D eigenvalue weighted by molar-refractivity contribution is 9.10. The number of rotatable bonds is 7. The molecule has 9 nitrogen and oxygen atoms in total. The molecule has 0 bridgehead atoms. The fraction of sp³-hybridized carbons (Fsp3) is 0.0800. The number of alkyl halides is 3. The monoisotopic (exact) mass is 655 g/mol. The number of amides is 3. The van der Waals surface area contributed by atoms with Crippen molar-refractivity contribution in [1.29, 1.82) is 0 Å². The molecular formula is C25H14BrClF3N3O6S. The van der Waals surface area contributed by atoms with Crippen molar-refractivity contribution in [3.05, 3.63) is 96.3 Å². The number of nitro benzene ring substituents is 1. The molecule has 1 N–H and O–H groups in total. The van der Waals surface area contributed by atoms with Gasteiger partial charge in [0.1, 0.15) is 12.3 Å². The third kappa shape index (κ3) is 6.63. The van der Waals surface area contributed by atoms with Gasteiger partial charge in [-0.25, -0.2) is 0 Å². The molecule has 1 aliphatic rings. The number of ether oxygens (including phenoxy) is 1. The lowest BCUT2D eigenvalue weighted by molar-refractivity contribution is -0.385. The van der Waals surface area contributed by atoms with Gasteiger partial charge in [0.15, 0.2) is 0 Å². The van der Waals surface area contributed by atoms with Gasteiger partial charge in [-0.05, 0) is 70.2 Å². The normalized spacial score (nSPS) is 14.5. The molecule has 1 saturated heterocycles. The number of hydrogen-bond acceptors (Lipinski definition) is 7. The first-order valence-corrected chi connectivity index (χ1v) is 12.9. The molecule has 0 radical (unpaired) electrons. The summed E-state index contributed by atoms with van der Waals surface area (Å²) in [6.45, 7) is -0.578. The summed E-state index contributed by atoms with van der Waals surface area (Å²) < 4.78 is 45.3. The number of nitro groups is 1. The Balaban J connectivity index is 1.54. The van der Waals surface area contributed by atoms with Crippen molar-refractivity contribution in [2.75, 3.05) is 11.9 Å². The number of carbonyl (C=O) groups is 3. The molecule has 1 heterocycles. The van der Waals surface area contributed by atoms with Crippen molar-refractivity contribution >= 4 is 73.8 Å². The van der Waals surface area contributed by atoms with E-state index in [9.17, 15) is 37.7 Å². The lowest BCUT2D eigenvalue weighted by Crippen LogP contribution is -2.36. The highest BCUT2D eigenvalue weighted by atomic mass is 79.9. The van der Waals surface area contributed by atoms with Gasteiger partial charge < -0.3 is 10.1 Å². The second-order valence-corrected chi connectivity index (χ2v) is 10.3. The van der Waals surface area contributed by atoms with Crippen molar-refractivity contribution < 1.29 is 37.2 Å². The number of para-hydroxylation sites is 1. The van der Waals surface area contributed by atoms with Crippen molar-refractivity contribution in [3.63, 3.8) is 0 Å². The van der Waals surface area contributed by atoms with Gasteiger partial charge in [-0.2, -0.15) is 13.2 Å². The van der Waals surface area contributed by atoms with Gasteiger partial charge in [-0.15, -0.1) is 0 Å². The number of hydrogen-bond donors (Lipinski definition) is 1. The predicted molar refractivity (Wildman–Crippen MR) is 145 cm³/mol. The highest BCUT2D eigenvalue weighted by Crippen LogP contribution is 2.40. The standard InChI is InChI=1S/C25H14BrClF3N3O6S/c26-16-7-6-15(11-17(16)27)31-22(34)12-32-23(35)21(40-24(32)36)9-13-3-1-2-4-19(13)39-20-8-5-14(25(28,29)30)10-18(20)33(37)38/h1-11H,12H2,(H,31,34)/b21-9+.